The summed E-state index contributed by atoms with van der Waals surface area (Å²) < 4.78 is 2.99. The van der Waals surface area contributed by atoms with Gasteiger partial charge in [0.25, 0.3) is 5.82 Å². The number of aromatic nitrogens is 3. The maximum Gasteiger partial charge on any atom is 0.342 e. The van der Waals surface area contributed by atoms with Crippen LogP contribution in [0.15, 0.2) is 59.8 Å². The number of aliphatic carboxylic acids is 1. The molecule has 0 saturated carbocycles. The van der Waals surface area contributed by atoms with E-state index in [1.165, 1.54) is 0 Å². The Balaban J connectivity index is 1.90. The van der Waals surface area contributed by atoms with Gasteiger partial charge in [0.2, 0.25) is 0 Å². The van der Waals surface area contributed by atoms with E-state index in [0.717, 1.165) is 38.2 Å². The molecule has 26 heavy (non-hydrogen) atoms. The number of thiophene rings is 1. The van der Waals surface area contributed by atoms with Crippen LogP contribution in [-0.2, 0) is 4.79 Å². The first-order valence-corrected chi connectivity index (χ1v) is 9.91. The van der Waals surface area contributed by atoms with Gasteiger partial charge in [0, 0.05) is 10.1 Å². The Labute approximate surface area is 162 Å². The summed E-state index contributed by atoms with van der Waals surface area (Å²) in [4.78, 5) is 11.8. The zero-order valence-electron chi connectivity index (χ0n) is 13.3. The number of nitrogens with one attached hydrogen (secondary N) is 1. The molecule has 2 heterocycles. The van der Waals surface area contributed by atoms with Crippen LogP contribution in [-0.4, -0.2) is 27.0 Å². The Hall–Kier alpha value is -2.35. The van der Waals surface area contributed by atoms with E-state index in [1.54, 1.807) is 11.3 Å². The summed E-state index contributed by atoms with van der Waals surface area (Å²) in [6.07, 6.45) is 0. The molecule has 0 unspecified atom stereocenters. The third-order valence-corrected chi connectivity index (χ3v) is 6.37. The second-order valence-corrected chi connectivity index (χ2v) is 7.82. The number of aromatic amines is 1. The number of thioether (sulfide) groups is 1. The molecule has 0 amide bonds. The van der Waals surface area contributed by atoms with Crippen LogP contribution >= 0.6 is 34.7 Å². The maximum absolute atomic E-state index is 11.0. The number of carboxylic acids is 1. The molecular formula is C18H13ClN3O2S2+. The van der Waals surface area contributed by atoms with Gasteiger partial charge in [-0.1, -0.05) is 48.0 Å². The van der Waals surface area contributed by atoms with Gasteiger partial charge in [-0.05, 0) is 30.0 Å². The number of carbonyl (C=O) groups is 1. The minimum Gasteiger partial charge on any atom is -0.481 e. The van der Waals surface area contributed by atoms with Crippen LogP contribution in [0.1, 0.15) is 0 Å². The van der Waals surface area contributed by atoms with Gasteiger partial charge < -0.3 is 5.11 Å². The van der Waals surface area contributed by atoms with Crippen LogP contribution in [0.5, 0.6) is 0 Å². The molecule has 5 nitrogen and oxygen atoms in total. The summed E-state index contributed by atoms with van der Waals surface area (Å²) in [7, 11) is 0. The monoisotopic (exact) mass is 402 g/mol. The molecule has 2 aromatic carbocycles. The molecule has 0 aliphatic rings. The lowest BCUT2D eigenvalue weighted by atomic mass is 10.2. The molecule has 0 aliphatic carbocycles. The van der Waals surface area contributed by atoms with E-state index in [2.05, 4.69) is 10.2 Å². The van der Waals surface area contributed by atoms with E-state index in [-0.39, 0.29) is 5.75 Å². The third-order valence-electron chi connectivity index (χ3n) is 3.76. The van der Waals surface area contributed by atoms with E-state index >= 15 is 0 Å². The van der Waals surface area contributed by atoms with E-state index in [0.29, 0.717) is 10.2 Å². The normalized spacial score (nSPS) is 11.1. The molecule has 0 bridgehead atoms. The number of hydrogen-bond donors (Lipinski definition) is 2. The van der Waals surface area contributed by atoms with Crippen molar-refractivity contribution in [1.82, 2.24) is 10.2 Å². The van der Waals surface area contributed by atoms with Crippen molar-refractivity contribution in [3.8, 4) is 16.4 Å². The Morgan fingerprint density at radius 2 is 1.92 bits per heavy atom. The summed E-state index contributed by atoms with van der Waals surface area (Å²) in [6, 6.07) is 17.6. The number of rotatable bonds is 5. The topological polar surface area (TPSA) is 69.9 Å². The van der Waals surface area contributed by atoms with Gasteiger partial charge in [0.1, 0.15) is 16.3 Å². The third kappa shape index (κ3) is 3.09. The smallest absolute Gasteiger partial charge is 0.342 e. The van der Waals surface area contributed by atoms with Crippen LogP contribution in [0.4, 0.5) is 0 Å². The first-order chi connectivity index (χ1) is 12.6. The molecule has 4 aromatic rings. The van der Waals surface area contributed by atoms with Gasteiger partial charge in [0.15, 0.2) is 0 Å². The van der Waals surface area contributed by atoms with E-state index in [4.69, 9.17) is 16.7 Å². The Kier molecular flexibility index (Phi) is 4.67. The predicted octanol–water partition coefficient (Wildman–Crippen LogP) is 4.40. The lowest BCUT2D eigenvalue weighted by molar-refractivity contribution is -0.624. The van der Waals surface area contributed by atoms with Crippen molar-refractivity contribution in [2.75, 3.05) is 5.75 Å². The van der Waals surface area contributed by atoms with Crippen molar-refractivity contribution in [3.63, 3.8) is 0 Å². The van der Waals surface area contributed by atoms with Crippen molar-refractivity contribution in [1.29, 1.82) is 0 Å². The summed E-state index contributed by atoms with van der Waals surface area (Å²) in [5, 5.41) is 18.6. The van der Waals surface area contributed by atoms with Crippen molar-refractivity contribution < 1.29 is 14.5 Å². The van der Waals surface area contributed by atoms with Crippen molar-refractivity contribution in [2.45, 2.75) is 5.16 Å². The highest BCUT2D eigenvalue weighted by atomic mass is 35.5. The largest absolute Gasteiger partial charge is 0.481 e. The Bertz CT molecular complexity index is 1090. The molecule has 0 spiro atoms. The van der Waals surface area contributed by atoms with Crippen molar-refractivity contribution in [3.05, 3.63) is 59.6 Å². The molecule has 4 rings (SSSR count). The van der Waals surface area contributed by atoms with Gasteiger partial charge in [-0.15, -0.1) is 16.4 Å². The van der Waals surface area contributed by atoms with Crippen LogP contribution in [0, 0.1) is 0 Å². The molecule has 0 saturated heterocycles. The molecule has 8 heteroatoms. The van der Waals surface area contributed by atoms with Gasteiger partial charge in [-0.2, -0.15) is 4.57 Å². The summed E-state index contributed by atoms with van der Waals surface area (Å²) >= 11 is 9.37. The molecular weight excluding hydrogens is 390 g/mol. The zero-order valence-corrected chi connectivity index (χ0v) is 15.7. The van der Waals surface area contributed by atoms with Gasteiger partial charge in [-0.3, -0.25) is 4.79 Å². The first-order valence-electron chi connectivity index (χ1n) is 7.73. The minimum atomic E-state index is -0.890. The Morgan fingerprint density at radius 3 is 2.65 bits per heavy atom. The van der Waals surface area contributed by atoms with Crippen molar-refractivity contribution >= 4 is 50.8 Å². The number of para-hydroxylation sites is 1. The highest BCUT2D eigenvalue weighted by molar-refractivity contribution is 7.99. The number of hydrogen-bond acceptors (Lipinski definition) is 4. The second kappa shape index (κ2) is 7.11. The number of carboxylic acid groups (broad SMARTS) is 1. The quantitative estimate of drug-likeness (QED) is 0.383. The van der Waals surface area contributed by atoms with Crippen LogP contribution in [0.25, 0.3) is 26.5 Å². The van der Waals surface area contributed by atoms with E-state index in [9.17, 15) is 4.79 Å². The molecule has 0 aliphatic heterocycles. The Morgan fingerprint density at radius 1 is 1.19 bits per heavy atom. The summed E-state index contributed by atoms with van der Waals surface area (Å²) in [5.74, 6) is -0.230. The zero-order chi connectivity index (χ0) is 18.1. The minimum absolute atomic E-state index is 0.0721. The lowest BCUT2D eigenvalue weighted by Gasteiger charge is -2.02. The fourth-order valence-electron chi connectivity index (χ4n) is 2.65. The molecule has 0 atom stereocenters. The number of nitrogens with zero attached hydrogens (tertiary/aromatic N) is 2. The van der Waals surface area contributed by atoms with Gasteiger partial charge in [0.05, 0.1) is 10.1 Å². The highest BCUT2D eigenvalue weighted by Gasteiger charge is 2.28. The van der Waals surface area contributed by atoms with Gasteiger partial charge >= 0.3 is 11.1 Å². The number of H-pyrrole nitrogens is 1. The van der Waals surface area contributed by atoms with E-state index < -0.39 is 5.97 Å². The van der Waals surface area contributed by atoms with Crippen LogP contribution < -0.4 is 4.57 Å². The molecule has 0 fully saturated rings. The summed E-state index contributed by atoms with van der Waals surface area (Å²) in [6.45, 7) is 0. The van der Waals surface area contributed by atoms with Crippen LogP contribution in [0.3, 0.4) is 0 Å². The van der Waals surface area contributed by atoms with Crippen LogP contribution in [0.2, 0.25) is 5.02 Å². The number of benzene rings is 2. The molecule has 130 valence electrons. The standard InChI is InChI=1S/C18H12ClN3O2S2/c19-15-12-8-4-5-9-13(12)26-16(15)17-20-21-18(25-10-14(23)24)22(17)11-6-2-1-3-7-11/h1-9H,10H2,(H,23,24)/p+1. The average Bonchev–Trinajstić information content (AvgIpc) is 3.22. The molecule has 2 aromatic heterocycles. The molecule has 2 N–H and O–H groups in total. The van der Waals surface area contributed by atoms with Crippen molar-refractivity contribution in [2.24, 2.45) is 0 Å². The lowest BCUT2D eigenvalue weighted by Crippen LogP contribution is -2.34. The second-order valence-electron chi connectivity index (χ2n) is 5.45. The number of halogens is 1. The molecule has 0 radical (unpaired) electrons. The summed E-state index contributed by atoms with van der Waals surface area (Å²) in [5.41, 5.74) is 0.887. The highest BCUT2D eigenvalue weighted by Crippen LogP contribution is 2.40. The van der Waals surface area contributed by atoms with Gasteiger partial charge in [-0.25, -0.2) is 0 Å². The first kappa shape index (κ1) is 17.1. The fraction of sp³-hybridized carbons (Fsp3) is 0.0556. The average molecular weight is 403 g/mol. The predicted molar refractivity (Wildman–Crippen MR) is 104 cm³/mol. The SMILES string of the molecule is O=C(O)CSc1n[nH]c(-c2sc3ccccc3c2Cl)[n+]1-c1ccccc1. The van der Waals surface area contributed by atoms with E-state index in [1.807, 2.05) is 59.2 Å². The maximum atomic E-state index is 11.0. The fourth-order valence-corrected chi connectivity index (χ4v) is 4.85. The number of fused-ring (bicyclic) bond motifs is 1.